The number of aromatic nitrogens is 4. The van der Waals surface area contributed by atoms with Crippen LogP contribution >= 0.6 is 0 Å². The first-order valence-corrected chi connectivity index (χ1v) is 8.30. The molecule has 0 spiro atoms. The van der Waals surface area contributed by atoms with Gasteiger partial charge < -0.3 is 10.6 Å². The Balaban J connectivity index is 1.54. The van der Waals surface area contributed by atoms with Gasteiger partial charge in [-0.15, -0.1) is 0 Å². The molecular formula is C17H22N6O2. The van der Waals surface area contributed by atoms with Crippen LogP contribution in [0.1, 0.15) is 35.7 Å². The highest BCUT2D eigenvalue weighted by Gasteiger charge is 2.32. The Morgan fingerprint density at radius 3 is 2.76 bits per heavy atom. The first-order chi connectivity index (χ1) is 12.0. The fraction of sp³-hybridized carbons (Fsp3) is 0.471. The molecule has 0 bridgehead atoms. The lowest BCUT2D eigenvalue weighted by Crippen LogP contribution is -2.45. The Morgan fingerprint density at radius 2 is 2.04 bits per heavy atom. The Hall–Kier alpha value is -2.77. The number of hydrogen-bond donors (Lipinski definition) is 2. The number of hydrogen-bond acceptors (Lipinski definition) is 6. The van der Waals surface area contributed by atoms with Crippen molar-refractivity contribution in [3.8, 4) is 0 Å². The maximum atomic E-state index is 12.2. The molecule has 2 N–H and O–H groups in total. The van der Waals surface area contributed by atoms with Gasteiger partial charge in [0.1, 0.15) is 18.7 Å². The van der Waals surface area contributed by atoms with Crippen molar-refractivity contribution in [2.75, 3.05) is 12.4 Å². The number of aryl methyl sites for hydroxylation is 2. The minimum absolute atomic E-state index is 0.0570. The zero-order valence-electron chi connectivity index (χ0n) is 14.6. The first kappa shape index (κ1) is 17.1. The Bertz CT molecular complexity index is 841. The fourth-order valence-electron chi connectivity index (χ4n) is 2.91. The van der Waals surface area contributed by atoms with Gasteiger partial charge in [0.25, 0.3) is 5.56 Å². The van der Waals surface area contributed by atoms with E-state index in [0.717, 1.165) is 35.6 Å². The zero-order chi connectivity index (χ0) is 18.0. The lowest BCUT2D eigenvalue weighted by atomic mass is 9.78. The van der Waals surface area contributed by atoms with Crippen LogP contribution in [-0.4, -0.2) is 38.7 Å². The van der Waals surface area contributed by atoms with Crippen LogP contribution in [0.15, 0.2) is 23.3 Å². The van der Waals surface area contributed by atoms with Crippen molar-refractivity contribution in [3.05, 3.63) is 45.8 Å². The van der Waals surface area contributed by atoms with Crippen molar-refractivity contribution in [2.45, 2.75) is 45.2 Å². The maximum Gasteiger partial charge on any atom is 0.267 e. The van der Waals surface area contributed by atoms with Crippen LogP contribution in [0.2, 0.25) is 0 Å². The highest BCUT2D eigenvalue weighted by atomic mass is 16.2. The molecule has 132 valence electrons. The van der Waals surface area contributed by atoms with Gasteiger partial charge in [0.05, 0.1) is 5.69 Å². The van der Waals surface area contributed by atoms with Crippen molar-refractivity contribution in [3.63, 3.8) is 0 Å². The summed E-state index contributed by atoms with van der Waals surface area (Å²) < 4.78 is 1.21. The Labute approximate surface area is 145 Å². The van der Waals surface area contributed by atoms with E-state index in [1.165, 1.54) is 10.7 Å². The summed E-state index contributed by atoms with van der Waals surface area (Å²) in [7, 11) is 1.82. The van der Waals surface area contributed by atoms with E-state index in [1.807, 2.05) is 27.0 Å². The SMILES string of the molecule is CNc1cc(C2CC(NC(=O)Cn3nc(C)c(C)cc3=O)C2)ncn1. The van der Waals surface area contributed by atoms with Crippen LogP contribution in [-0.2, 0) is 11.3 Å². The van der Waals surface area contributed by atoms with E-state index in [9.17, 15) is 9.59 Å². The molecule has 1 fully saturated rings. The lowest BCUT2D eigenvalue weighted by molar-refractivity contribution is -0.123. The molecule has 0 aromatic carbocycles. The van der Waals surface area contributed by atoms with Crippen LogP contribution < -0.4 is 16.2 Å². The van der Waals surface area contributed by atoms with Gasteiger partial charge in [-0.25, -0.2) is 14.6 Å². The van der Waals surface area contributed by atoms with E-state index >= 15 is 0 Å². The van der Waals surface area contributed by atoms with Crippen molar-refractivity contribution in [1.82, 2.24) is 25.1 Å². The highest BCUT2D eigenvalue weighted by Crippen LogP contribution is 2.36. The van der Waals surface area contributed by atoms with E-state index in [4.69, 9.17) is 0 Å². The largest absolute Gasteiger partial charge is 0.373 e. The van der Waals surface area contributed by atoms with Gasteiger partial charge >= 0.3 is 0 Å². The summed E-state index contributed by atoms with van der Waals surface area (Å²) in [5.41, 5.74) is 2.30. The van der Waals surface area contributed by atoms with Gasteiger partial charge in [0.15, 0.2) is 0 Å². The molecule has 1 saturated carbocycles. The minimum Gasteiger partial charge on any atom is -0.373 e. The van der Waals surface area contributed by atoms with Crippen molar-refractivity contribution >= 4 is 11.7 Å². The first-order valence-electron chi connectivity index (χ1n) is 8.30. The van der Waals surface area contributed by atoms with E-state index < -0.39 is 0 Å². The van der Waals surface area contributed by atoms with Gasteiger partial charge in [-0.1, -0.05) is 0 Å². The topological polar surface area (TPSA) is 102 Å². The third kappa shape index (κ3) is 3.84. The number of nitrogens with one attached hydrogen (secondary N) is 2. The van der Waals surface area contributed by atoms with Crippen LogP contribution in [0.3, 0.4) is 0 Å². The van der Waals surface area contributed by atoms with Gasteiger partial charge in [-0.05, 0) is 32.3 Å². The molecule has 3 rings (SSSR count). The average Bonchev–Trinajstić information content (AvgIpc) is 2.55. The number of carbonyl (C=O) groups is 1. The summed E-state index contributed by atoms with van der Waals surface area (Å²) in [5, 5.41) is 10.1. The average molecular weight is 342 g/mol. The van der Waals surface area contributed by atoms with Crippen LogP contribution in [0.25, 0.3) is 0 Å². The third-order valence-electron chi connectivity index (χ3n) is 4.59. The van der Waals surface area contributed by atoms with E-state index in [0.29, 0.717) is 5.92 Å². The van der Waals surface area contributed by atoms with Gasteiger partial charge in [0, 0.05) is 36.8 Å². The minimum atomic E-state index is -0.259. The molecule has 25 heavy (non-hydrogen) atoms. The van der Waals surface area contributed by atoms with Crippen molar-refractivity contribution in [1.29, 1.82) is 0 Å². The van der Waals surface area contributed by atoms with E-state index in [2.05, 4.69) is 25.7 Å². The van der Waals surface area contributed by atoms with Crippen molar-refractivity contribution in [2.24, 2.45) is 0 Å². The molecule has 0 aliphatic heterocycles. The van der Waals surface area contributed by atoms with Crippen molar-refractivity contribution < 1.29 is 4.79 Å². The molecule has 1 amide bonds. The molecule has 2 aromatic heterocycles. The van der Waals surface area contributed by atoms with Crippen LogP contribution in [0.5, 0.6) is 0 Å². The predicted molar refractivity (Wildman–Crippen MR) is 93.5 cm³/mol. The summed E-state index contributed by atoms with van der Waals surface area (Å²) in [4.78, 5) is 32.5. The Morgan fingerprint density at radius 1 is 1.28 bits per heavy atom. The number of anilines is 1. The highest BCUT2D eigenvalue weighted by molar-refractivity contribution is 5.76. The second kappa shape index (κ2) is 7.00. The zero-order valence-corrected chi connectivity index (χ0v) is 14.6. The predicted octanol–water partition coefficient (Wildman–Crippen LogP) is 0.754. The monoisotopic (exact) mass is 342 g/mol. The van der Waals surface area contributed by atoms with Crippen LogP contribution in [0.4, 0.5) is 5.82 Å². The lowest BCUT2D eigenvalue weighted by Gasteiger charge is -2.35. The molecule has 0 saturated heterocycles. The maximum absolute atomic E-state index is 12.2. The number of carbonyl (C=O) groups excluding carboxylic acids is 1. The second-order valence-corrected chi connectivity index (χ2v) is 6.42. The molecule has 2 aromatic rings. The molecular weight excluding hydrogens is 320 g/mol. The fourth-order valence-corrected chi connectivity index (χ4v) is 2.91. The van der Waals surface area contributed by atoms with Crippen LogP contribution in [0, 0.1) is 13.8 Å². The molecule has 0 radical (unpaired) electrons. The van der Waals surface area contributed by atoms with E-state index in [-0.39, 0.29) is 24.1 Å². The van der Waals surface area contributed by atoms with Gasteiger partial charge in [-0.2, -0.15) is 5.10 Å². The molecule has 0 atom stereocenters. The number of nitrogens with zero attached hydrogens (tertiary/aromatic N) is 4. The normalized spacial score (nSPS) is 19.2. The quantitative estimate of drug-likeness (QED) is 0.831. The summed E-state index contributed by atoms with van der Waals surface area (Å²) >= 11 is 0. The van der Waals surface area contributed by atoms with Gasteiger partial charge in [0.2, 0.25) is 5.91 Å². The molecule has 1 aliphatic carbocycles. The number of rotatable bonds is 5. The second-order valence-electron chi connectivity index (χ2n) is 6.42. The molecule has 1 aliphatic rings. The summed E-state index contributed by atoms with van der Waals surface area (Å²) in [5.74, 6) is 0.917. The van der Waals surface area contributed by atoms with Gasteiger partial charge in [-0.3, -0.25) is 9.59 Å². The summed E-state index contributed by atoms with van der Waals surface area (Å²) in [6.45, 7) is 3.59. The summed E-state index contributed by atoms with van der Waals surface area (Å²) in [6, 6.07) is 3.54. The molecule has 0 unspecified atom stereocenters. The standard InChI is InChI=1S/C17H22N6O2/c1-10-4-17(25)23(22-11(10)2)8-16(24)21-13-5-12(6-13)14-7-15(18-3)20-9-19-14/h4,7,9,12-13H,5-6,8H2,1-3H3,(H,21,24)(H,18,19,20). The third-order valence-corrected chi connectivity index (χ3v) is 4.59. The molecule has 2 heterocycles. The number of amides is 1. The smallest absolute Gasteiger partial charge is 0.267 e. The summed E-state index contributed by atoms with van der Waals surface area (Å²) in [6.07, 6.45) is 3.22. The molecule has 8 nitrogen and oxygen atoms in total. The molecule has 8 heteroatoms. The van der Waals surface area contributed by atoms with E-state index in [1.54, 1.807) is 6.33 Å². The Kier molecular flexibility index (Phi) is 4.78.